The summed E-state index contributed by atoms with van der Waals surface area (Å²) in [5.74, 6) is -0.888. The van der Waals surface area contributed by atoms with E-state index in [4.69, 9.17) is 9.90 Å². The number of nitrogens with zero attached hydrogens (tertiary/aromatic N) is 4. The average molecular weight is 445 g/mol. The van der Waals surface area contributed by atoms with Gasteiger partial charge in [-0.2, -0.15) is 13.2 Å². The predicted molar refractivity (Wildman–Crippen MR) is 104 cm³/mol. The summed E-state index contributed by atoms with van der Waals surface area (Å²) < 4.78 is 34.9. The number of pyridine rings is 1. The van der Waals surface area contributed by atoms with Crippen LogP contribution >= 0.6 is 23.1 Å². The summed E-state index contributed by atoms with van der Waals surface area (Å²) in [5.41, 5.74) is 2.20. The number of nitrogens with one attached hydrogen (secondary N) is 1. The van der Waals surface area contributed by atoms with Crippen LogP contribution in [0.4, 0.5) is 19.0 Å². The summed E-state index contributed by atoms with van der Waals surface area (Å²) in [4.78, 5) is 23.2. The summed E-state index contributed by atoms with van der Waals surface area (Å²) in [7, 11) is 2.02. The minimum atomic E-state index is -5.08. The van der Waals surface area contributed by atoms with Crippen LogP contribution in [0.1, 0.15) is 17.2 Å². The zero-order chi connectivity index (χ0) is 21.6. The van der Waals surface area contributed by atoms with E-state index in [-0.39, 0.29) is 0 Å². The molecule has 0 amide bonds. The van der Waals surface area contributed by atoms with Crippen LogP contribution in [0.2, 0.25) is 0 Å². The Morgan fingerprint density at radius 3 is 2.41 bits per heavy atom. The van der Waals surface area contributed by atoms with Gasteiger partial charge in [-0.1, -0.05) is 11.8 Å². The van der Waals surface area contributed by atoms with Crippen LogP contribution in [0.3, 0.4) is 0 Å². The van der Waals surface area contributed by atoms with Crippen molar-refractivity contribution >= 4 is 34.9 Å². The molecule has 7 nitrogen and oxygen atoms in total. The maximum atomic E-state index is 10.6. The third-order valence-corrected chi connectivity index (χ3v) is 5.58. The molecule has 0 bridgehead atoms. The topological polar surface area (TPSA) is 92.9 Å². The van der Waals surface area contributed by atoms with E-state index in [2.05, 4.69) is 36.3 Å². The van der Waals surface area contributed by atoms with Gasteiger partial charge in [0.2, 0.25) is 0 Å². The number of anilines is 1. The number of halogens is 3. The van der Waals surface area contributed by atoms with E-state index >= 15 is 0 Å². The van der Waals surface area contributed by atoms with E-state index in [0.29, 0.717) is 6.54 Å². The normalized spacial score (nSPS) is 11.0. The molecule has 0 aromatic carbocycles. The lowest BCUT2D eigenvalue weighted by molar-refractivity contribution is -0.192. The molecular formula is C17H18F3N5O2S2. The van der Waals surface area contributed by atoms with Crippen LogP contribution in [0.25, 0.3) is 0 Å². The maximum Gasteiger partial charge on any atom is 0.490 e. The van der Waals surface area contributed by atoms with Crippen molar-refractivity contribution in [2.75, 3.05) is 5.32 Å². The van der Waals surface area contributed by atoms with Gasteiger partial charge in [-0.15, -0.1) is 11.3 Å². The molecule has 3 rings (SSSR count). The Kier molecular flexibility index (Phi) is 7.62. The highest BCUT2D eigenvalue weighted by Gasteiger charge is 2.38. The number of aromatic nitrogens is 4. The van der Waals surface area contributed by atoms with E-state index < -0.39 is 12.1 Å². The van der Waals surface area contributed by atoms with Gasteiger partial charge in [-0.25, -0.2) is 19.7 Å². The molecule has 29 heavy (non-hydrogen) atoms. The number of aliphatic carboxylic acids is 1. The number of aryl methyl sites for hydroxylation is 2. The molecule has 0 atom stereocenters. The molecule has 156 valence electrons. The second-order valence-electron chi connectivity index (χ2n) is 5.75. The molecule has 0 fully saturated rings. The first kappa shape index (κ1) is 22.7. The van der Waals surface area contributed by atoms with Crippen LogP contribution in [-0.4, -0.2) is 36.8 Å². The lowest BCUT2D eigenvalue weighted by Crippen LogP contribution is -2.21. The third-order valence-electron chi connectivity index (χ3n) is 3.55. The van der Waals surface area contributed by atoms with E-state index in [9.17, 15) is 13.2 Å². The fraction of sp³-hybridized carbons (Fsp3) is 0.294. The van der Waals surface area contributed by atoms with E-state index in [1.54, 1.807) is 23.1 Å². The first-order chi connectivity index (χ1) is 13.6. The minimum Gasteiger partial charge on any atom is -0.475 e. The largest absolute Gasteiger partial charge is 0.490 e. The fourth-order valence-corrected chi connectivity index (χ4v) is 3.70. The molecule has 0 saturated heterocycles. The van der Waals surface area contributed by atoms with Crippen molar-refractivity contribution in [1.29, 1.82) is 0 Å². The lowest BCUT2D eigenvalue weighted by atomic mass is 10.4. The quantitative estimate of drug-likeness (QED) is 0.605. The number of carboxylic acid groups (broad SMARTS) is 1. The van der Waals surface area contributed by atoms with Gasteiger partial charge in [0.15, 0.2) is 4.34 Å². The smallest absolute Gasteiger partial charge is 0.475 e. The zero-order valence-electron chi connectivity index (χ0n) is 15.7. The second kappa shape index (κ2) is 9.74. The van der Waals surface area contributed by atoms with E-state index in [1.807, 2.05) is 39.4 Å². The van der Waals surface area contributed by atoms with Gasteiger partial charge >= 0.3 is 12.1 Å². The standard InChI is InChI=1S/C15H17N5S2.C2HF3O2/c1-10-9-21-15(19-10)22-13-4-5-14(18-8-13)17-7-12-6-16-11(2)20(12)3;3-2(4,5)1(6)7/h4-6,8-9H,7H2,1-3H3,(H,17,18);(H,6,7). The number of thiazole rings is 1. The summed E-state index contributed by atoms with van der Waals surface area (Å²) in [6, 6.07) is 4.05. The highest BCUT2D eigenvalue weighted by molar-refractivity contribution is 8.01. The van der Waals surface area contributed by atoms with Crippen molar-refractivity contribution in [1.82, 2.24) is 19.5 Å². The van der Waals surface area contributed by atoms with Gasteiger partial charge in [0, 0.05) is 29.2 Å². The van der Waals surface area contributed by atoms with Gasteiger partial charge in [0.05, 0.1) is 18.4 Å². The van der Waals surface area contributed by atoms with Gasteiger partial charge in [0.25, 0.3) is 0 Å². The Morgan fingerprint density at radius 2 is 1.97 bits per heavy atom. The van der Waals surface area contributed by atoms with Crippen LogP contribution in [0, 0.1) is 13.8 Å². The SMILES string of the molecule is Cc1csc(Sc2ccc(NCc3cnc(C)n3C)nc2)n1.O=C(O)C(F)(F)F. The van der Waals surface area contributed by atoms with Crippen molar-refractivity contribution < 1.29 is 23.1 Å². The van der Waals surface area contributed by atoms with Gasteiger partial charge < -0.3 is 15.0 Å². The molecule has 0 spiro atoms. The van der Waals surface area contributed by atoms with Crippen molar-refractivity contribution in [2.45, 2.75) is 35.8 Å². The first-order valence-electron chi connectivity index (χ1n) is 8.13. The first-order valence-corrected chi connectivity index (χ1v) is 9.83. The summed E-state index contributed by atoms with van der Waals surface area (Å²) >= 11 is 3.30. The predicted octanol–water partition coefficient (Wildman–Crippen LogP) is 4.29. The van der Waals surface area contributed by atoms with Crippen LogP contribution in [0.15, 0.2) is 39.1 Å². The number of hydrogen-bond acceptors (Lipinski definition) is 7. The van der Waals surface area contributed by atoms with Gasteiger partial charge in [0.1, 0.15) is 11.6 Å². The number of imidazole rings is 1. The molecule has 0 aliphatic rings. The fourth-order valence-electron chi connectivity index (χ4n) is 1.92. The van der Waals surface area contributed by atoms with Crippen LogP contribution in [0.5, 0.6) is 0 Å². The minimum absolute atomic E-state index is 0.711. The van der Waals surface area contributed by atoms with Crippen molar-refractivity contribution in [3.8, 4) is 0 Å². The Morgan fingerprint density at radius 1 is 1.28 bits per heavy atom. The molecule has 3 heterocycles. The summed E-state index contributed by atoms with van der Waals surface area (Å²) in [6.07, 6.45) is -1.32. The maximum absolute atomic E-state index is 10.6. The molecule has 0 aliphatic carbocycles. The molecule has 0 radical (unpaired) electrons. The van der Waals surface area contributed by atoms with E-state index in [0.717, 1.165) is 32.3 Å². The van der Waals surface area contributed by atoms with E-state index in [1.165, 1.54) is 0 Å². The van der Waals surface area contributed by atoms with Crippen LogP contribution in [-0.2, 0) is 18.4 Å². The van der Waals surface area contributed by atoms with Crippen molar-refractivity contribution in [3.63, 3.8) is 0 Å². The number of carbonyl (C=O) groups is 1. The summed E-state index contributed by atoms with van der Waals surface area (Å²) in [6.45, 7) is 4.71. The molecule has 3 aromatic rings. The highest BCUT2D eigenvalue weighted by Crippen LogP contribution is 2.30. The number of rotatable bonds is 5. The molecule has 2 N–H and O–H groups in total. The van der Waals surface area contributed by atoms with Gasteiger partial charge in [-0.3, -0.25) is 0 Å². The number of carboxylic acids is 1. The Hall–Kier alpha value is -2.60. The van der Waals surface area contributed by atoms with Gasteiger partial charge in [-0.05, 0) is 26.0 Å². The zero-order valence-corrected chi connectivity index (χ0v) is 17.3. The number of hydrogen-bond donors (Lipinski definition) is 2. The second-order valence-corrected chi connectivity index (χ2v) is 7.93. The number of alkyl halides is 3. The Labute approximate surface area is 173 Å². The van der Waals surface area contributed by atoms with Crippen molar-refractivity contribution in [3.05, 3.63) is 47.1 Å². The Bertz CT molecular complexity index is 955. The molecule has 0 saturated carbocycles. The molecular weight excluding hydrogens is 427 g/mol. The van der Waals surface area contributed by atoms with Crippen LogP contribution < -0.4 is 5.32 Å². The molecule has 0 aliphatic heterocycles. The summed E-state index contributed by atoms with van der Waals surface area (Å²) in [5, 5.41) is 12.5. The van der Waals surface area contributed by atoms with Crippen molar-refractivity contribution in [2.24, 2.45) is 7.05 Å². The lowest BCUT2D eigenvalue weighted by Gasteiger charge is -2.07. The molecule has 0 unspecified atom stereocenters. The Balaban J connectivity index is 0.000000370. The third kappa shape index (κ3) is 7.06. The highest BCUT2D eigenvalue weighted by atomic mass is 32.2. The average Bonchev–Trinajstić information content (AvgIpc) is 3.20. The monoisotopic (exact) mass is 445 g/mol. The molecule has 3 aromatic heterocycles. The molecule has 12 heteroatoms.